The zero-order valence-electron chi connectivity index (χ0n) is 14.8. The van der Waals surface area contributed by atoms with Crippen LogP contribution in [0.1, 0.15) is 39.3 Å². The van der Waals surface area contributed by atoms with E-state index in [1.54, 1.807) is 0 Å². The third kappa shape index (κ3) is 6.18. The highest BCUT2D eigenvalue weighted by atomic mass is 16.6. The van der Waals surface area contributed by atoms with Gasteiger partial charge < -0.3 is 14.5 Å². The predicted molar refractivity (Wildman–Crippen MR) is 91.1 cm³/mol. The van der Waals surface area contributed by atoms with Crippen LogP contribution >= 0.6 is 0 Å². The van der Waals surface area contributed by atoms with Crippen molar-refractivity contribution in [1.82, 2.24) is 14.8 Å². The van der Waals surface area contributed by atoms with Crippen molar-refractivity contribution in [2.75, 3.05) is 26.7 Å². The van der Waals surface area contributed by atoms with Crippen LogP contribution in [0.4, 0.5) is 4.79 Å². The molecule has 1 saturated heterocycles. The molecule has 5 nitrogen and oxygen atoms in total. The zero-order chi connectivity index (χ0) is 16.9. The van der Waals surface area contributed by atoms with Crippen LogP contribution in [0.3, 0.4) is 0 Å². The lowest BCUT2D eigenvalue weighted by molar-refractivity contribution is 0.0147. The fourth-order valence-corrected chi connectivity index (χ4v) is 2.98. The van der Waals surface area contributed by atoms with Gasteiger partial charge in [0.1, 0.15) is 5.60 Å². The molecule has 1 aromatic rings. The summed E-state index contributed by atoms with van der Waals surface area (Å²) in [5, 5.41) is 0. The van der Waals surface area contributed by atoms with Gasteiger partial charge in [0, 0.05) is 32.4 Å². The van der Waals surface area contributed by atoms with Crippen LogP contribution in [0.15, 0.2) is 24.4 Å². The summed E-state index contributed by atoms with van der Waals surface area (Å²) < 4.78 is 5.49. The SMILES string of the molecule is CN(Cc1ccccn1)C[C@@H]1CCCN(C(=O)OC(C)(C)C)C1. The number of carbonyl (C=O) groups excluding carboxylic acids is 1. The third-order valence-electron chi connectivity index (χ3n) is 3.90. The van der Waals surface area contributed by atoms with Gasteiger partial charge in [-0.3, -0.25) is 4.98 Å². The van der Waals surface area contributed by atoms with Crippen molar-refractivity contribution < 1.29 is 9.53 Å². The molecule has 1 aliphatic heterocycles. The fraction of sp³-hybridized carbons (Fsp3) is 0.667. The average Bonchev–Trinajstić information content (AvgIpc) is 2.46. The standard InChI is InChI=1S/C18H29N3O2/c1-18(2,3)23-17(22)21-11-7-8-15(13-21)12-20(4)14-16-9-5-6-10-19-16/h5-6,9-10,15H,7-8,11-14H2,1-4H3/t15-/m0/s1. The van der Waals surface area contributed by atoms with Gasteiger partial charge in [0.2, 0.25) is 0 Å². The summed E-state index contributed by atoms with van der Waals surface area (Å²) in [4.78, 5) is 20.7. The van der Waals surface area contributed by atoms with Gasteiger partial charge in [0.25, 0.3) is 0 Å². The molecule has 0 unspecified atom stereocenters. The first-order valence-electron chi connectivity index (χ1n) is 8.40. The Morgan fingerprint density at radius 3 is 2.87 bits per heavy atom. The molecule has 128 valence electrons. The largest absolute Gasteiger partial charge is 0.444 e. The van der Waals surface area contributed by atoms with E-state index in [4.69, 9.17) is 4.74 Å². The lowest BCUT2D eigenvalue weighted by Crippen LogP contribution is -2.45. The Morgan fingerprint density at radius 2 is 2.22 bits per heavy atom. The van der Waals surface area contributed by atoms with E-state index in [0.717, 1.165) is 44.7 Å². The summed E-state index contributed by atoms with van der Waals surface area (Å²) in [5.74, 6) is 0.491. The Morgan fingerprint density at radius 1 is 1.43 bits per heavy atom. The maximum atomic E-state index is 12.2. The van der Waals surface area contributed by atoms with Gasteiger partial charge in [-0.25, -0.2) is 4.79 Å². The van der Waals surface area contributed by atoms with Crippen molar-refractivity contribution >= 4 is 6.09 Å². The maximum absolute atomic E-state index is 12.2. The van der Waals surface area contributed by atoms with Crippen LogP contribution in [-0.4, -0.2) is 53.2 Å². The molecular weight excluding hydrogens is 290 g/mol. The Balaban J connectivity index is 1.82. The summed E-state index contributed by atoms with van der Waals surface area (Å²) in [6, 6.07) is 5.99. The van der Waals surface area contributed by atoms with Gasteiger partial charge >= 0.3 is 6.09 Å². The van der Waals surface area contributed by atoms with Crippen molar-refractivity contribution in [1.29, 1.82) is 0 Å². The molecule has 23 heavy (non-hydrogen) atoms. The lowest BCUT2D eigenvalue weighted by Gasteiger charge is -2.35. The van der Waals surface area contributed by atoms with Gasteiger partial charge in [0.15, 0.2) is 0 Å². The first-order chi connectivity index (χ1) is 10.8. The topological polar surface area (TPSA) is 45.7 Å². The van der Waals surface area contributed by atoms with Crippen LogP contribution < -0.4 is 0 Å². The zero-order valence-corrected chi connectivity index (χ0v) is 14.8. The second-order valence-corrected chi connectivity index (χ2v) is 7.45. The first kappa shape index (κ1) is 17.7. The minimum atomic E-state index is -0.431. The Labute approximate surface area is 139 Å². The first-order valence-corrected chi connectivity index (χ1v) is 8.40. The number of piperidine rings is 1. The molecule has 1 fully saturated rings. The Hall–Kier alpha value is -1.62. The Bertz CT molecular complexity index is 499. The van der Waals surface area contributed by atoms with E-state index in [9.17, 15) is 4.79 Å². The van der Waals surface area contributed by atoms with Crippen LogP contribution in [0.2, 0.25) is 0 Å². The lowest BCUT2D eigenvalue weighted by atomic mass is 9.98. The third-order valence-corrected chi connectivity index (χ3v) is 3.90. The summed E-state index contributed by atoms with van der Waals surface area (Å²) in [5.41, 5.74) is 0.648. The second-order valence-electron chi connectivity index (χ2n) is 7.45. The summed E-state index contributed by atoms with van der Waals surface area (Å²) in [6.45, 7) is 9.11. The average molecular weight is 319 g/mol. The minimum absolute atomic E-state index is 0.186. The van der Waals surface area contributed by atoms with E-state index in [1.165, 1.54) is 0 Å². The molecule has 2 rings (SSSR count). The molecule has 1 atom stereocenters. The number of amides is 1. The summed E-state index contributed by atoms with van der Waals surface area (Å²) in [6.07, 6.45) is 3.84. The number of rotatable bonds is 4. The highest BCUT2D eigenvalue weighted by molar-refractivity contribution is 5.68. The van der Waals surface area contributed by atoms with Crippen molar-refractivity contribution in [3.63, 3.8) is 0 Å². The van der Waals surface area contributed by atoms with Crippen LogP contribution in [-0.2, 0) is 11.3 Å². The number of hydrogen-bond donors (Lipinski definition) is 0. The van der Waals surface area contributed by atoms with E-state index in [-0.39, 0.29) is 6.09 Å². The number of carbonyl (C=O) groups is 1. The van der Waals surface area contributed by atoms with E-state index in [0.29, 0.717) is 5.92 Å². The van der Waals surface area contributed by atoms with Crippen LogP contribution in [0, 0.1) is 5.92 Å². The minimum Gasteiger partial charge on any atom is -0.444 e. The molecule has 2 heterocycles. The van der Waals surface area contributed by atoms with Crippen molar-refractivity contribution in [3.8, 4) is 0 Å². The molecule has 1 aliphatic rings. The maximum Gasteiger partial charge on any atom is 0.410 e. The summed E-state index contributed by atoms with van der Waals surface area (Å²) in [7, 11) is 2.11. The molecule has 0 saturated carbocycles. The van der Waals surface area contributed by atoms with Gasteiger partial charge in [-0.15, -0.1) is 0 Å². The quantitative estimate of drug-likeness (QED) is 0.855. The van der Waals surface area contributed by atoms with E-state index in [1.807, 2.05) is 50.1 Å². The van der Waals surface area contributed by atoms with Crippen molar-refractivity contribution in [2.45, 2.75) is 45.8 Å². The fourth-order valence-electron chi connectivity index (χ4n) is 2.98. The normalized spacial score (nSPS) is 19.0. The monoisotopic (exact) mass is 319 g/mol. The molecule has 0 N–H and O–H groups in total. The number of nitrogens with zero attached hydrogens (tertiary/aromatic N) is 3. The van der Waals surface area contributed by atoms with Crippen LogP contribution in [0.5, 0.6) is 0 Å². The number of hydrogen-bond acceptors (Lipinski definition) is 4. The molecule has 0 aliphatic carbocycles. The number of pyridine rings is 1. The molecule has 0 radical (unpaired) electrons. The van der Waals surface area contributed by atoms with E-state index < -0.39 is 5.60 Å². The van der Waals surface area contributed by atoms with Gasteiger partial charge in [-0.05, 0) is 58.7 Å². The van der Waals surface area contributed by atoms with Crippen LogP contribution in [0.25, 0.3) is 0 Å². The number of likely N-dealkylation sites (tertiary alicyclic amines) is 1. The second kappa shape index (κ2) is 7.77. The molecule has 0 bridgehead atoms. The molecule has 0 aromatic carbocycles. The van der Waals surface area contributed by atoms with Gasteiger partial charge in [0.05, 0.1) is 5.69 Å². The molecule has 5 heteroatoms. The van der Waals surface area contributed by atoms with Gasteiger partial charge in [-0.1, -0.05) is 6.07 Å². The Kier molecular flexibility index (Phi) is 5.99. The van der Waals surface area contributed by atoms with E-state index >= 15 is 0 Å². The smallest absolute Gasteiger partial charge is 0.410 e. The van der Waals surface area contributed by atoms with Gasteiger partial charge in [-0.2, -0.15) is 0 Å². The highest BCUT2D eigenvalue weighted by Crippen LogP contribution is 2.20. The van der Waals surface area contributed by atoms with E-state index in [2.05, 4.69) is 16.9 Å². The molecular formula is C18H29N3O2. The summed E-state index contributed by atoms with van der Waals surface area (Å²) >= 11 is 0. The predicted octanol–water partition coefficient (Wildman–Crippen LogP) is 3.16. The number of ether oxygens (including phenoxy) is 1. The number of aromatic nitrogens is 1. The molecule has 1 amide bonds. The van der Waals surface area contributed by atoms with Crippen molar-refractivity contribution in [2.24, 2.45) is 5.92 Å². The highest BCUT2D eigenvalue weighted by Gasteiger charge is 2.28. The molecule has 1 aromatic heterocycles. The van der Waals surface area contributed by atoms with Crippen molar-refractivity contribution in [3.05, 3.63) is 30.1 Å². The molecule has 0 spiro atoms.